The topological polar surface area (TPSA) is 41.0 Å². The van der Waals surface area contributed by atoms with E-state index >= 15 is 0 Å². The van der Waals surface area contributed by atoms with Crippen LogP contribution in [0.15, 0.2) is 6.07 Å². The number of fused-ring (bicyclic) bond motifs is 3. The number of nitrogens with zero attached hydrogens (tertiary/aromatic N) is 3. The predicted molar refractivity (Wildman–Crippen MR) is 68.6 cm³/mol. The SMILES string of the molecule is FC(F)(F)c1cc(NC2CN3CCC2CC3)nc(Cl)n1. The van der Waals surface area contributed by atoms with Gasteiger partial charge in [0.15, 0.2) is 5.69 Å². The van der Waals surface area contributed by atoms with E-state index in [0.717, 1.165) is 38.5 Å². The molecule has 2 bridgehead atoms. The van der Waals surface area contributed by atoms with Crippen LogP contribution in [-0.2, 0) is 6.18 Å². The van der Waals surface area contributed by atoms with E-state index in [9.17, 15) is 13.2 Å². The van der Waals surface area contributed by atoms with Crippen molar-refractivity contribution in [2.75, 3.05) is 25.0 Å². The maximum absolute atomic E-state index is 12.7. The molecule has 20 heavy (non-hydrogen) atoms. The Kier molecular flexibility index (Phi) is 3.50. The second-order valence-electron chi connectivity index (χ2n) is 5.29. The summed E-state index contributed by atoms with van der Waals surface area (Å²) >= 11 is 5.58. The quantitative estimate of drug-likeness (QED) is 0.853. The van der Waals surface area contributed by atoms with Crippen molar-refractivity contribution in [3.05, 3.63) is 17.0 Å². The molecule has 0 radical (unpaired) electrons. The van der Waals surface area contributed by atoms with Gasteiger partial charge in [-0.05, 0) is 43.5 Å². The third kappa shape index (κ3) is 2.83. The Morgan fingerprint density at radius 2 is 1.95 bits per heavy atom. The maximum atomic E-state index is 12.7. The summed E-state index contributed by atoms with van der Waals surface area (Å²) in [5.74, 6) is 0.638. The molecule has 0 saturated carbocycles. The van der Waals surface area contributed by atoms with Crippen LogP contribution in [0.2, 0.25) is 5.28 Å². The summed E-state index contributed by atoms with van der Waals surface area (Å²) in [7, 11) is 0. The summed E-state index contributed by atoms with van der Waals surface area (Å²) in [4.78, 5) is 9.39. The van der Waals surface area contributed by atoms with Crippen LogP contribution in [0, 0.1) is 5.92 Å². The summed E-state index contributed by atoms with van der Waals surface area (Å²) in [6, 6.07) is 1.05. The van der Waals surface area contributed by atoms with E-state index in [1.54, 1.807) is 0 Å². The number of halogens is 4. The summed E-state index contributed by atoms with van der Waals surface area (Å²) in [5.41, 5.74) is -1.01. The van der Waals surface area contributed by atoms with E-state index in [4.69, 9.17) is 11.6 Å². The number of hydrogen-bond acceptors (Lipinski definition) is 4. The van der Waals surface area contributed by atoms with Crippen molar-refractivity contribution >= 4 is 17.4 Å². The summed E-state index contributed by atoms with van der Waals surface area (Å²) in [6.45, 7) is 2.98. The Morgan fingerprint density at radius 3 is 2.50 bits per heavy atom. The lowest BCUT2D eigenvalue weighted by Gasteiger charge is -2.45. The minimum absolute atomic E-state index is 0.129. The van der Waals surface area contributed by atoms with Crippen LogP contribution >= 0.6 is 11.6 Å². The normalized spacial score (nSPS) is 29.5. The molecule has 1 unspecified atom stereocenters. The number of alkyl halides is 3. The number of anilines is 1. The molecule has 0 aliphatic carbocycles. The third-order valence-corrected chi connectivity index (χ3v) is 4.15. The van der Waals surface area contributed by atoms with Gasteiger partial charge in [-0.25, -0.2) is 9.97 Å². The fourth-order valence-electron chi connectivity index (χ4n) is 2.96. The molecule has 4 heterocycles. The standard InChI is InChI=1S/C12H14ClF3N4/c13-11-18-9(12(14,15)16)5-10(19-11)17-8-6-20-3-1-7(8)2-4-20/h5,7-8H,1-4,6H2,(H,17,18,19). The lowest BCUT2D eigenvalue weighted by molar-refractivity contribution is -0.141. The third-order valence-electron chi connectivity index (χ3n) is 3.98. The number of piperidine rings is 3. The summed E-state index contributed by atoms with van der Waals surface area (Å²) in [5, 5.41) is 2.70. The highest BCUT2D eigenvalue weighted by molar-refractivity contribution is 6.28. The lowest BCUT2D eigenvalue weighted by Crippen LogP contribution is -2.53. The van der Waals surface area contributed by atoms with Crippen molar-refractivity contribution in [2.24, 2.45) is 5.92 Å². The molecule has 1 N–H and O–H groups in total. The largest absolute Gasteiger partial charge is 0.433 e. The van der Waals surface area contributed by atoms with Gasteiger partial charge < -0.3 is 10.2 Å². The molecule has 110 valence electrons. The first-order chi connectivity index (χ1) is 9.41. The van der Waals surface area contributed by atoms with Gasteiger partial charge in [0.2, 0.25) is 5.28 Å². The zero-order chi connectivity index (χ0) is 14.3. The van der Waals surface area contributed by atoms with Gasteiger partial charge in [-0.15, -0.1) is 0 Å². The Bertz CT molecular complexity index is 500. The average molecular weight is 307 g/mol. The first kappa shape index (κ1) is 13.9. The molecule has 0 amide bonds. The molecule has 0 aromatic carbocycles. The van der Waals surface area contributed by atoms with E-state index in [2.05, 4.69) is 20.2 Å². The van der Waals surface area contributed by atoms with Gasteiger partial charge in [0.1, 0.15) is 5.82 Å². The van der Waals surface area contributed by atoms with E-state index < -0.39 is 11.9 Å². The van der Waals surface area contributed by atoms with Crippen LogP contribution in [0.4, 0.5) is 19.0 Å². The second-order valence-corrected chi connectivity index (χ2v) is 5.63. The first-order valence-corrected chi connectivity index (χ1v) is 6.90. The summed E-state index contributed by atoms with van der Waals surface area (Å²) < 4.78 is 38.1. The molecule has 1 atom stereocenters. The van der Waals surface area contributed by atoms with Crippen molar-refractivity contribution in [2.45, 2.75) is 25.1 Å². The summed E-state index contributed by atoms with van der Waals surface area (Å²) in [6.07, 6.45) is -2.37. The van der Waals surface area contributed by atoms with Crippen molar-refractivity contribution in [1.82, 2.24) is 14.9 Å². The Hall–Kier alpha value is -1.08. The minimum atomic E-state index is -4.52. The molecule has 3 aliphatic heterocycles. The fourth-order valence-corrected chi connectivity index (χ4v) is 3.14. The van der Waals surface area contributed by atoms with Gasteiger partial charge in [-0.2, -0.15) is 13.2 Å². The van der Waals surface area contributed by atoms with Crippen molar-refractivity contribution in [3.8, 4) is 0 Å². The zero-order valence-electron chi connectivity index (χ0n) is 10.6. The highest BCUT2D eigenvalue weighted by Crippen LogP contribution is 2.32. The molecule has 1 aromatic rings. The second kappa shape index (κ2) is 5.04. The number of hydrogen-bond donors (Lipinski definition) is 1. The van der Waals surface area contributed by atoms with Crippen molar-refractivity contribution in [3.63, 3.8) is 0 Å². The monoisotopic (exact) mass is 306 g/mol. The van der Waals surface area contributed by atoms with Gasteiger partial charge in [0.25, 0.3) is 0 Å². The van der Waals surface area contributed by atoms with Gasteiger partial charge >= 0.3 is 6.18 Å². The highest BCUT2D eigenvalue weighted by atomic mass is 35.5. The maximum Gasteiger partial charge on any atom is 0.433 e. The van der Waals surface area contributed by atoms with Crippen LogP contribution < -0.4 is 5.32 Å². The van der Waals surface area contributed by atoms with Gasteiger partial charge in [0.05, 0.1) is 0 Å². The first-order valence-electron chi connectivity index (χ1n) is 6.52. The molecule has 1 aromatic heterocycles. The Balaban J connectivity index is 1.79. The van der Waals surface area contributed by atoms with Crippen LogP contribution in [-0.4, -0.2) is 40.5 Å². The molecule has 4 nitrogen and oxygen atoms in total. The van der Waals surface area contributed by atoms with E-state index in [1.165, 1.54) is 0 Å². The van der Waals surface area contributed by atoms with E-state index in [1.807, 2.05) is 0 Å². The van der Waals surface area contributed by atoms with Gasteiger partial charge in [-0.3, -0.25) is 0 Å². The predicted octanol–water partition coefficient (Wildman–Crippen LogP) is 2.65. The average Bonchev–Trinajstić information content (AvgIpc) is 2.38. The van der Waals surface area contributed by atoms with Crippen molar-refractivity contribution in [1.29, 1.82) is 0 Å². The van der Waals surface area contributed by atoms with Gasteiger partial charge in [0, 0.05) is 18.7 Å². The minimum Gasteiger partial charge on any atom is -0.366 e. The molecule has 8 heteroatoms. The smallest absolute Gasteiger partial charge is 0.366 e. The molecule has 4 rings (SSSR count). The van der Waals surface area contributed by atoms with E-state index in [-0.39, 0.29) is 17.1 Å². The number of nitrogens with one attached hydrogen (secondary N) is 1. The highest BCUT2D eigenvalue weighted by Gasteiger charge is 2.36. The molecule has 0 spiro atoms. The fraction of sp³-hybridized carbons (Fsp3) is 0.667. The molecular weight excluding hydrogens is 293 g/mol. The molecule has 3 aliphatic rings. The van der Waals surface area contributed by atoms with Crippen molar-refractivity contribution < 1.29 is 13.2 Å². The van der Waals surface area contributed by atoms with Crippen LogP contribution in [0.3, 0.4) is 0 Å². The number of aromatic nitrogens is 2. The molecule has 3 fully saturated rings. The Morgan fingerprint density at radius 1 is 1.25 bits per heavy atom. The number of rotatable bonds is 2. The van der Waals surface area contributed by atoms with E-state index in [0.29, 0.717) is 5.92 Å². The molecule has 3 saturated heterocycles. The van der Waals surface area contributed by atoms with Crippen LogP contribution in [0.1, 0.15) is 18.5 Å². The Labute approximate surface area is 119 Å². The van der Waals surface area contributed by atoms with Gasteiger partial charge in [-0.1, -0.05) is 0 Å². The van der Waals surface area contributed by atoms with Crippen LogP contribution in [0.25, 0.3) is 0 Å². The lowest BCUT2D eigenvalue weighted by atomic mass is 9.84. The zero-order valence-corrected chi connectivity index (χ0v) is 11.4. The molecular formula is C12H14ClF3N4. The van der Waals surface area contributed by atoms with Crippen LogP contribution in [0.5, 0.6) is 0 Å².